The van der Waals surface area contributed by atoms with E-state index in [4.69, 9.17) is 4.74 Å². The lowest BCUT2D eigenvalue weighted by atomic mass is 10.2. The maximum absolute atomic E-state index is 9.93. The van der Waals surface area contributed by atoms with Crippen LogP contribution in [-0.2, 0) is 11.3 Å². The number of halogens is 1. The summed E-state index contributed by atoms with van der Waals surface area (Å²) >= 11 is 3.46. The summed E-state index contributed by atoms with van der Waals surface area (Å²) in [4.78, 5) is 0. The molecule has 2 aromatic carbocycles. The van der Waals surface area contributed by atoms with E-state index in [2.05, 4.69) is 21.2 Å². The van der Waals surface area contributed by atoms with E-state index < -0.39 is 6.10 Å². The van der Waals surface area contributed by atoms with Crippen LogP contribution < -0.4 is 5.32 Å². The molecule has 0 saturated carbocycles. The molecule has 0 fully saturated rings. The first-order valence-corrected chi connectivity index (χ1v) is 7.73. The fourth-order valence-corrected chi connectivity index (χ4v) is 2.63. The highest BCUT2D eigenvalue weighted by atomic mass is 79.9. The number of nitrogens with one attached hydrogen (secondary N) is 1. The zero-order chi connectivity index (χ0) is 15.1. The van der Waals surface area contributed by atoms with Gasteiger partial charge in [-0.2, -0.15) is 0 Å². The van der Waals surface area contributed by atoms with Gasteiger partial charge >= 0.3 is 0 Å². The molecule has 3 nitrogen and oxygen atoms in total. The lowest BCUT2D eigenvalue weighted by Crippen LogP contribution is -2.24. The molecule has 2 aromatic rings. The number of hydrogen-bond acceptors (Lipinski definition) is 3. The van der Waals surface area contributed by atoms with Gasteiger partial charge in [-0.15, -0.1) is 0 Å². The molecule has 0 amide bonds. The third-order valence-corrected chi connectivity index (χ3v) is 3.46. The van der Waals surface area contributed by atoms with Gasteiger partial charge in [0, 0.05) is 16.7 Å². The first-order valence-electron chi connectivity index (χ1n) is 6.94. The number of aliphatic hydroxyl groups is 1. The zero-order valence-corrected chi connectivity index (χ0v) is 13.6. The summed E-state index contributed by atoms with van der Waals surface area (Å²) in [5.41, 5.74) is 3.27. The van der Waals surface area contributed by atoms with Crippen LogP contribution >= 0.6 is 15.9 Å². The van der Waals surface area contributed by atoms with Crippen molar-refractivity contribution < 1.29 is 9.84 Å². The lowest BCUT2D eigenvalue weighted by Gasteiger charge is -2.14. The number of rotatable bonds is 7. The topological polar surface area (TPSA) is 41.5 Å². The highest BCUT2D eigenvalue weighted by molar-refractivity contribution is 9.10. The Morgan fingerprint density at radius 3 is 2.67 bits per heavy atom. The molecule has 0 aromatic heterocycles. The quantitative estimate of drug-likeness (QED) is 0.799. The number of aliphatic hydroxyl groups excluding tert-OH is 1. The van der Waals surface area contributed by atoms with Crippen LogP contribution in [0.3, 0.4) is 0 Å². The summed E-state index contributed by atoms with van der Waals surface area (Å²) in [7, 11) is 0. The molecule has 21 heavy (non-hydrogen) atoms. The van der Waals surface area contributed by atoms with Crippen molar-refractivity contribution >= 4 is 21.6 Å². The van der Waals surface area contributed by atoms with Crippen LogP contribution in [0.25, 0.3) is 0 Å². The molecule has 0 spiro atoms. The Labute approximate surface area is 134 Å². The van der Waals surface area contributed by atoms with Crippen molar-refractivity contribution in [3.63, 3.8) is 0 Å². The average Bonchev–Trinajstić information content (AvgIpc) is 2.45. The predicted octanol–water partition coefficient (Wildman–Crippen LogP) is 3.75. The second-order valence-corrected chi connectivity index (χ2v) is 5.97. The lowest BCUT2D eigenvalue weighted by molar-refractivity contribution is 0.0348. The maximum Gasteiger partial charge on any atom is 0.0945 e. The maximum atomic E-state index is 9.93. The Balaban J connectivity index is 1.71. The minimum absolute atomic E-state index is 0.314. The predicted molar refractivity (Wildman–Crippen MR) is 89.5 cm³/mol. The van der Waals surface area contributed by atoms with Crippen molar-refractivity contribution in [2.75, 3.05) is 18.5 Å². The van der Waals surface area contributed by atoms with Crippen molar-refractivity contribution in [2.24, 2.45) is 0 Å². The average molecular weight is 350 g/mol. The first kappa shape index (κ1) is 16.0. The van der Waals surface area contributed by atoms with Gasteiger partial charge < -0.3 is 15.2 Å². The van der Waals surface area contributed by atoms with Gasteiger partial charge in [0.15, 0.2) is 0 Å². The van der Waals surface area contributed by atoms with Crippen LogP contribution in [0.5, 0.6) is 0 Å². The molecular weight excluding hydrogens is 330 g/mol. The molecule has 0 aliphatic heterocycles. The van der Waals surface area contributed by atoms with E-state index in [1.165, 1.54) is 5.56 Å². The molecule has 1 atom stereocenters. The minimum Gasteiger partial charge on any atom is -0.389 e. The van der Waals surface area contributed by atoms with E-state index in [9.17, 15) is 5.11 Å². The van der Waals surface area contributed by atoms with Crippen LogP contribution in [0.15, 0.2) is 53.0 Å². The summed E-state index contributed by atoms with van der Waals surface area (Å²) in [5, 5.41) is 13.1. The summed E-state index contributed by atoms with van der Waals surface area (Å²) in [5.74, 6) is 0. The molecular formula is C17H20BrNO2. The van der Waals surface area contributed by atoms with Gasteiger partial charge in [0.2, 0.25) is 0 Å². The standard InChI is InChI=1S/C17H20BrNO2/c1-13-7-15(18)9-16(8-13)19-10-17(20)12-21-11-14-5-3-2-4-6-14/h2-9,17,19-20H,10-12H2,1H3. The molecule has 0 radical (unpaired) electrons. The molecule has 2 N–H and O–H groups in total. The van der Waals surface area contributed by atoms with Gasteiger partial charge in [0.25, 0.3) is 0 Å². The van der Waals surface area contributed by atoms with E-state index in [0.29, 0.717) is 19.8 Å². The smallest absolute Gasteiger partial charge is 0.0945 e. The van der Waals surface area contributed by atoms with Crippen LogP contribution in [0.1, 0.15) is 11.1 Å². The Bertz CT molecular complexity index is 540. The Morgan fingerprint density at radius 1 is 1.19 bits per heavy atom. The van der Waals surface area contributed by atoms with E-state index >= 15 is 0 Å². The van der Waals surface area contributed by atoms with Crippen LogP contribution in [0.2, 0.25) is 0 Å². The largest absolute Gasteiger partial charge is 0.389 e. The third-order valence-electron chi connectivity index (χ3n) is 3.01. The highest BCUT2D eigenvalue weighted by Gasteiger charge is 2.05. The summed E-state index contributed by atoms with van der Waals surface area (Å²) in [6.07, 6.45) is -0.534. The van der Waals surface area contributed by atoms with Gasteiger partial charge in [-0.1, -0.05) is 46.3 Å². The van der Waals surface area contributed by atoms with Gasteiger partial charge in [-0.25, -0.2) is 0 Å². The van der Waals surface area contributed by atoms with Crippen LogP contribution in [-0.4, -0.2) is 24.4 Å². The molecule has 0 saturated heterocycles. The van der Waals surface area contributed by atoms with E-state index in [1.807, 2.05) is 55.5 Å². The van der Waals surface area contributed by atoms with Crippen LogP contribution in [0, 0.1) is 6.92 Å². The summed E-state index contributed by atoms with van der Waals surface area (Å²) in [6, 6.07) is 16.0. The van der Waals surface area contributed by atoms with Crippen molar-refractivity contribution in [3.05, 3.63) is 64.1 Å². The SMILES string of the molecule is Cc1cc(Br)cc(NCC(O)COCc2ccccc2)c1. The van der Waals surface area contributed by atoms with Gasteiger partial charge in [0.1, 0.15) is 0 Å². The monoisotopic (exact) mass is 349 g/mol. The van der Waals surface area contributed by atoms with E-state index in [0.717, 1.165) is 15.7 Å². The first-order chi connectivity index (χ1) is 10.1. The molecule has 0 aliphatic rings. The van der Waals surface area contributed by atoms with Gasteiger partial charge in [-0.3, -0.25) is 0 Å². The number of aryl methyl sites for hydroxylation is 1. The molecule has 0 bridgehead atoms. The molecule has 2 rings (SSSR count). The molecule has 1 unspecified atom stereocenters. The summed E-state index contributed by atoms with van der Waals surface area (Å²) < 4.78 is 6.55. The molecule has 112 valence electrons. The second-order valence-electron chi connectivity index (χ2n) is 5.05. The Hall–Kier alpha value is -1.36. The Kier molecular flexibility index (Phi) is 6.23. The van der Waals surface area contributed by atoms with E-state index in [1.54, 1.807) is 0 Å². The summed E-state index contributed by atoms with van der Waals surface area (Å²) in [6.45, 7) is 3.34. The van der Waals surface area contributed by atoms with Gasteiger partial charge in [-0.05, 0) is 36.2 Å². The van der Waals surface area contributed by atoms with E-state index in [-0.39, 0.29) is 0 Å². The minimum atomic E-state index is -0.534. The number of benzene rings is 2. The molecule has 0 aliphatic carbocycles. The number of hydrogen-bond donors (Lipinski definition) is 2. The van der Waals surface area contributed by atoms with Gasteiger partial charge in [0.05, 0.1) is 19.3 Å². The third kappa shape index (κ3) is 5.87. The molecule has 0 heterocycles. The van der Waals surface area contributed by atoms with Crippen LogP contribution in [0.4, 0.5) is 5.69 Å². The van der Waals surface area contributed by atoms with Crippen molar-refractivity contribution in [3.8, 4) is 0 Å². The fraction of sp³-hybridized carbons (Fsp3) is 0.294. The normalized spacial score (nSPS) is 12.1. The zero-order valence-electron chi connectivity index (χ0n) is 12.1. The molecule has 4 heteroatoms. The Morgan fingerprint density at radius 2 is 1.95 bits per heavy atom. The highest BCUT2D eigenvalue weighted by Crippen LogP contribution is 2.18. The van der Waals surface area contributed by atoms with Crippen molar-refractivity contribution in [2.45, 2.75) is 19.6 Å². The number of ether oxygens (including phenoxy) is 1. The number of anilines is 1. The second kappa shape index (κ2) is 8.17. The fourth-order valence-electron chi connectivity index (χ4n) is 2.02. The van der Waals surface area contributed by atoms with Crippen molar-refractivity contribution in [1.82, 2.24) is 0 Å². The van der Waals surface area contributed by atoms with Crippen molar-refractivity contribution in [1.29, 1.82) is 0 Å².